The van der Waals surface area contributed by atoms with Crippen molar-refractivity contribution < 1.29 is 5.11 Å². The first kappa shape index (κ1) is 14.3. The van der Waals surface area contributed by atoms with Crippen molar-refractivity contribution in [1.29, 1.82) is 0 Å². The molecule has 2 N–H and O–H groups in total. The van der Waals surface area contributed by atoms with Gasteiger partial charge in [0.2, 0.25) is 0 Å². The average Bonchev–Trinajstić information content (AvgIpc) is 3.10. The molecule has 21 heavy (non-hydrogen) atoms. The monoisotopic (exact) mass is 285 g/mol. The van der Waals surface area contributed by atoms with Gasteiger partial charge in [-0.3, -0.25) is 5.10 Å². The molecule has 0 saturated heterocycles. The van der Waals surface area contributed by atoms with Gasteiger partial charge in [0, 0.05) is 24.3 Å². The number of nitrogens with zero attached hydrogens (tertiary/aromatic N) is 2. The fourth-order valence-electron chi connectivity index (χ4n) is 3.19. The van der Waals surface area contributed by atoms with Crippen molar-refractivity contribution >= 4 is 0 Å². The summed E-state index contributed by atoms with van der Waals surface area (Å²) in [5.74, 6) is 0.423. The predicted molar refractivity (Wildman–Crippen MR) is 83.7 cm³/mol. The van der Waals surface area contributed by atoms with Gasteiger partial charge >= 0.3 is 0 Å². The molecule has 4 heteroatoms. The van der Waals surface area contributed by atoms with Crippen molar-refractivity contribution in [2.24, 2.45) is 5.92 Å². The summed E-state index contributed by atoms with van der Waals surface area (Å²) >= 11 is 0. The second kappa shape index (κ2) is 6.41. The molecule has 0 amide bonds. The van der Waals surface area contributed by atoms with Crippen LogP contribution in [0, 0.1) is 5.92 Å². The second-order valence-corrected chi connectivity index (χ2v) is 6.10. The Morgan fingerprint density at radius 1 is 1.29 bits per heavy atom. The van der Waals surface area contributed by atoms with Crippen LogP contribution in [0.5, 0.6) is 0 Å². The number of rotatable bonds is 5. The maximum Gasteiger partial charge on any atom is 0.0924 e. The molecule has 1 aromatic carbocycles. The topological polar surface area (TPSA) is 52.2 Å². The largest absolute Gasteiger partial charge is 0.393 e. The summed E-state index contributed by atoms with van der Waals surface area (Å²) in [5, 5.41) is 17.4. The molecule has 0 spiro atoms. The van der Waals surface area contributed by atoms with Gasteiger partial charge in [0.1, 0.15) is 0 Å². The Balaban J connectivity index is 1.59. The number of hydrogen-bond acceptors (Lipinski definition) is 3. The summed E-state index contributed by atoms with van der Waals surface area (Å²) in [5.41, 5.74) is 3.23. The molecule has 3 rings (SSSR count). The van der Waals surface area contributed by atoms with E-state index in [0.29, 0.717) is 5.92 Å². The van der Waals surface area contributed by atoms with E-state index in [1.807, 2.05) is 18.2 Å². The van der Waals surface area contributed by atoms with Crippen molar-refractivity contribution in [3.63, 3.8) is 0 Å². The lowest BCUT2D eigenvalue weighted by Crippen LogP contribution is -2.29. The van der Waals surface area contributed by atoms with Gasteiger partial charge in [0.15, 0.2) is 0 Å². The van der Waals surface area contributed by atoms with E-state index in [1.54, 1.807) is 0 Å². The van der Waals surface area contributed by atoms with Gasteiger partial charge in [-0.2, -0.15) is 5.10 Å². The third-order valence-electron chi connectivity index (χ3n) is 4.31. The third kappa shape index (κ3) is 3.52. The molecule has 1 aliphatic carbocycles. The zero-order valence-electron chi connectivity index (χ0n) is 12.5. The van der Waals surface area contributed by atoms with E-state index >= 15 is 0 Å². The van der Waals surface area contributed by atoms with Crippen molar-refractivity contribution in [3.8, 4) is 11.3 Å². The number of aromatic nitrogens is 2. The maximum atomic E-state index is 9.91. The summed E-state index contributed by atoms with van der Waals surface area (Å²) < 4.78 is 0. The normalized spacial score (nSPS) is 22.0. The van der Waals surface area contributed by atoms with Crippen molar-refractivity contribution in [2.45, 2.75) is 31.9 Å². The van der Waals surface area contributed by atoms with Gasteiger partial charge in [-0.1, -0.05) is 36.8 Å². The molecule has 1 aromatic heterocycles. The minimum Gasteiger partial charge on any atom is -0.393 e. The highest BCUT2D eigenvalue weighted by Gasteiger charge is 2.26. The highest BCUT2D eigenvalue weighted by molar-refractivity contribution is 5.58. The van der Waals surface area contributed by atoms with Crippen LogP contribution >= 0.6 is 0 Å². The summed E-state index contributed by atoms with van der Waals surface area (Å²) in [7, 11) is 2.11. The summed E-state index contributed by atoms with van der Waals surface area (Å²) in [6, 6.07) is 12.3. The Bertz CT molecular complexity index is 566. The Morgan fingerprint density at radius 3 is 2.81 bits per heavy atom. The first-order valence-corrected chi connectivity index (χ1v) is 7.68. The molecule has 4 nitrogen and oxygen atoms in total. The highest BCUT2D eigenvalue weighted by Crippen LogP contribution is 2.26. The zero-order chi connectivity index (χ0) is 14.7. The number of aliphatic hydroxyl groups excluding tert-OH is 1. The van der Waals surface area contributed by atoms with E-state index in [1.165, 1.54) is 0 Å². The molecule has 0 bridgehead atoms. The van der Waals surface area contributed by atoms with Gasteiger partial charge in [0.25, 0.3) is 0 Å². The van der Waals surface area contributed by atoms with Crippen LogP contribution in [0.2, 0.25) is 0 Å². The molecule has 1 heterocycles. The number of hydrogen-bond donors (Lipinski definition) is 2. The van der Waals surface area contributed by atoms with E-state index in [9.17, 15) is 5.11 Å². The van der Waals surface area contributed by atoms with Crippen LogP contribution in [0.3, 0.4) is 0 Å². The predicted octanol–water partition coefficient (Wildman–Crippen LogP) is 2.67. The molecule has 1 saturated carbocycles. The number of aliphatic hydroxyl groups is 1. The van der Waals surface area contributed by atoms with Crippen molar-refractivity contribution in [2.75, 3.05) is 13.6 Å². The number of aromatic amines is 1. The Morgan fingerprint density at radius 2 is 2.10 bits per heavy atom. The lowest BCUT2D eigenvalue weighted by Gasteiger charge is -2.22. The van der Waals surface area contributed by atoms with Gasteiger partial charge in [-0.05, 0) is 31.9 Å². The zero-order valence-corrected chi connectivity index (χ0v) is 12.5. The highest BCUT2D eigenvalue weighted by atomic mass is 16.3. The van der Waals surface area contributed by atoms with E-state index in [-0.39, 0.29) is 6.10 Å². The molecule has 112 valence electrons. The van der Waals surface area contributed by atoms with E-state index in [4.69, 9.17) is 0 Å². The Kier molecular flexibility index (Phi) is 4.36. The first-order valence-electron chi connectivity index (χ1n) is 7.68. The molecule has 2 aromatic rings. The standard InChI is InChI=1S/C17H23N3O/c1-20(11-14-8-5-9-17(14)21)12-15-10-16(19-18-15)13-6-3-2-4-7-13/h2-4,6-7,10,14,17,21H,5,8-9,11-12H2,1H3,(H,18,19). The van der Waals surface area contributed by atoms with E-state index in [0.717, 1.165) is 49.3 Å². The maximum absolute atomic E-state index is 9.91. The molecule has 1 fully saturated rings. The van der Waals surface area contributed by atoms with Crippen LogP contribution in [0.15, 0.2) is 36.4 Å². The molecular weight excluding hydrogens is 262 g/mol. The molecule has 0 aliphatic heterocycles. The third-order valence-corrected chi connectivity index (χ3v) is 4.31. The van der Waals surface area contributed by atoms with Crippen LogP contribution in [-0.4, -0.2) is 39.9 Å². The minimum absolute atomic E-state index is 0.117. The first-order chi connectivity index (χ1) is 10.2. The number of H-pyrrole nitrogens is 1. The number of nitrogens with one attached hydrogen (secondary N) is 1. The quantitative estimate of drug-likeness (QED) is 0.888. The van der Waals surface area contributed by atoms with Crippen LogP contribution < -0.4 is 0 Å². The van der Waals surface area contributed by atoms with Crippen LogP contribution in [0.1, 0.15) is 25.0 Å². The molecule has 1 aliphatic rings. The van der Waals surface area contributed by atoms with Crippen LogP contribution in [-0.2, 0) is 6.54 Å². The van der Waals surface area contributed by atoms with Gasteiger partial charge in [-0.15, -0.1) is 0 Å². The fourth-order valence-corrected chi connectivity index (χ4v) is 3.19. The van der Waals surface area contributed by atoms with Crippen LogP contribution in [0.25, 0.3) is 11.3 Å². The summed E-state index contributed by atoms with van der Waals surface area (Å²) in [6.45, 7) is 1.78. The van der Waals surface area contributed by atoms with E-state index < -0.39 is 0 Å². The Labute approximate surface area is 125 Å². The molecular formula is C17H23N3O. The molecule has 2 atom stereocenters. The van der Waals surface area contributed by atoms with Crippen LogP contribution in [0.4, 0.5) is 0 Å². The lowest BCUT2D eigenvalue weighted by atomic mass is 10.1. The van der Waals surface area contributed by atoms with Gasteiger partial charge in [0.05, 0.1) is 11.8 Å². The fraction of sp³-hybridized carbons (Fsp3) is 0.471. The minimum atomic E-state index is -0.117. The SMILES string of the molecule is CN(Cc1cc(-c2ccccc2)n[nH]1)CC1CCCC1O. The van der Waals surface area contributed by atoms with Gasteiger partial charge in [-0.25, -0.2) is 0 Å². The molecule has 2 unspecified atom stereocenters. The van der Waals surface area contributed by atoms with E-state index in [2.05, 4.69) is 40.3 Å². The lowest BCUT2D eigenvalue weighted by molar-refractivity contribution is 0.107. The summed E-state index contributed by atoms with van der Waals surface area (Å²) in [4.78, 5) is 2.27. The Hall–Kier alpha value is -1.65. The van der Waals surface area contributed by atoms with Crippen molar-refractivity contribution in [1.82, 2.24) is 15.1 Å². The van der Waals surface area contributed by atoms with Gasteiger partial charge < -0.3 is 10.0 Å². The van der Waals surface area contributed by atoms with Crippen molar-refractivity contribution in [3.05, 3.63) is 42.1 Å². The second-order valence-electron chi connectivity index (χ2n) is 6.10. The smallest absolute Gasteiger partial charge is 0.0924 e. The summed E-state index contributed by atoms with van der Waals surface area (Å²) in [6.07, 6.45) is 3.14. The molecule has 0 radical (unpaired) electrons. The number of benzene rings is 1. The average molecular weight is 285 g/mol.